The van der Waals surface area contributed by atoms with Crippen molar-refractivity contribution in [3.8, 4) is 0 Å². The van der Waals surface area contributed by atoms with E-state index in [0.717, 1.165) is 11.0 Å². The number of halogens is 4. The Morgan fingerprint density at radius 2 is 1.75 bits per heavy atom. The van der Waals surface area contributed by atoms with E-state index in [2.05, 4.69) is 10.6 Å². The first-order valence-corrected chi connectivity index (χ1v) is 14.3. The van der Waals surface area contributed by atoms with Crippen molar-refractivity contribution >= 4 is 45.0 Å². The molecule has 2 aromatic rings. The molecule has 1 fully saturated rings. The van der Waals surface area contributed by atoms with E-state index in [4.69, 9.17) is 16.3 Å². The maximum absolute atomic E-state index is 15.1. The molecule has 1 saturated carbocycles. The van der Waals surface area contributed by atoms with Gasteiger partial charge in [0.2, 0.25) is 0 Å². The van der Waals surface area contributed by atoms with Gasteiger partial charge in [0.15, 0.2) is 9.84 Å². The molecular weight excluding hydrogens is 575 g/mol. The Hall–Kier alpha value is -3.32. The normalized spacial score (nSPS) is 20.1. The highest BCUT2D eigenvalue weighted by molar-refractivity contribution is 7.91. The number of anilines is 1. The van der Waals surface area contributed by atoms with Crippen LogP contribution in [0.25, 0.3) is 0 Å². The number of sulfone groups is 1. The van der Waals surface area contributed by atoms with E-state index < -0.39 is 86.2 Å². The van der Waals surface area contributed by atoms with Crippen LogP contribution >= 0.6 is 11.6 Å². The molecule has 0 bridgehead atoms. The van der Waals surface area contributed by atoms with Gasteiger partial charge in [-0.1, -0.05) is 23.7 Å². The van der Waals surface area contributed by atoms with Crippen LogP contribution in [0.4, 0.5) is 23.7 Å². The van der Waals surface area contributed by atoms with Crippen LogP contribution in [0.3, 0.4) is 0 Å². The van der Waals surface area contributed by atoms with Crippen LogP contribution in [-0.4, -0.2) is 55.7 Å². The smallest absolute Gasteiger partial charge is 0.408 e. The highest BCUT2D eigenvalue weighted by atomic mass is 35.5. The average Bonchev–Trinajstić information content (AvgIpc) is 2.86. The zero-order chi connectivity index (χ0) is 29.6. The maximum atomic E-state index is 15.1. The number of carbonyl (C=O) groups is 3. The van der Waals surface area contributed by atoms with E-state index in [1.165, 1.54) is 0 Å². The van der Waals surface area contributed by atoms with E-state index in [9.17, 15) is 31.6 Å². The molecule has 1 aliphatic carbocycles. The Kier molecular flexibility index (Phi) is 7.85. The lowest BCUT2D eigenvalue weighted by atomic mass is 9.88. The van der Waals surface area contributed by atoms with E-state index in [1.54, 1.807) is 45.0 Å². The van der Waals surface area contributed by atoms with Gasteiger partial charge in [-0.3, -0.25) is 9.59 Å². The molecule has 2 N–H and O–H groups in total. The monoisotopic (exact) mass is 601 g/mol. The lowest BCUT2D eigenvalue weighted by Crippen LogP contribution is -2.51. The lowest BCUT2D eigenvalue weighted by Gasteiger charge is -2.35. The minimum Gasteiger partial charge on any atom is -0.444 e. The third-order valence-electron chi connectivity index (χ3n) is 6.24. The second kappa shape index (κ2) is 10.6. The Balaban J connectivity index is 1.76. The highest BCUT2D eigenvalue weighted by Crippen LogP contribution is 2.38. The molecule has 4 rings (SSSR count). The fourth-order valence-corrected chi connectivity index (χ4v) is 6.12. The Bertz CT molecular complexity index is 1450. The van der Waals surface area contributed by atoms with Gasteiger partial charge >= 0.3 is 6.09 Å². The number of alkyl halides is 2. The summed E-state index contributed by atoms with van der Waals surface area (Å²) in [4.78, 5) is 39.4. The van der Waals surface area contributed by atoms with E-state index in [0.29, 0.717) is 16.7 Å². The lowest BCUT2D eigenvalue weighted by molar-refractivity contribution is -0.120. The van der Waals surface area contributed by atoms with Gasteiger partial charge in [-0.05, 0) is 50.6 Å². The number of carbonyl (C=O) groups excluding carboxylic acids is 3. The van der Waals surface area contributed by atoms with Gasteiger partial charge in [0, 0.05) is 23.9 Å². The van der Waals surface area contributed by atoms with Gasteiger partial charge in [0.25, 0.3) is 17.7 Å². The number of alkyl carbamates (subject to hydrolysis) is 1. The topological polar surface area (TPSA) is 122 Å². The molecule has 9 nitrogen and oxygen atoms in total. The second-order valence-corrected chi connectivity index (χ2v) is 13.2. The molecule has 40 heavy (non-hydrogen) atoms. The first-order valence-electron chi connectivity index (χ1n) is 12.2. The summed E-state index contributed by atoms with van der Waals surface area (Å²) in [6.07, 6.45) is -2.26. The van der Waals surface area contributed by atoms with Crippen molar-refractivity contribution in [2.45, 2.75) is 68.7 Å². The van der Waals surface area contributed by atoms with Crippen LogP contribution < -0.4 is 15.5 Å². The van der Waals surface area contributed by atoms with E-state index in [-0.39, 0.29) is 12.2 Å². The van der Waals surface area contributed by atoms with Crippen LogP contribution in [-0.2, 0) is 25.9 Å². The molecule has 0 saturated heterocycles. The molecule has 2 aliphatic rings. The highest BCUT2D eigenvalue weighted by Gasteiger charge is 2.46. The first-order chi connectivity index (χ1) is 18.4. The molecule has 1 heterocycles. The summed E-state index contributed by atoms with van der Waals surface area (Å²) in [5.41, 5.74) is -1.38. The summed E-state index contributed by atoms with van der Waals surface area (Å²) in [5, 5.41) is 5.00. The van der Waals surface area contributed by atoms with Gasteiger partial charge in [-0.15, -0.1) is 0 Å². The summed E-state index contributed by atoms with van der Waals surface area (Å²) < 4.78 is 73.5. The number of nitrogens with zero attached hydrogens (tertiary/aromatic N) is 1. The van der Waals surface area contributed by atoms with Gasteiger partial charge in [-0.25, -0.2) is 26.4 Å². The van der Waals surface area contributed by atoms with E-state index in [1.807, 2.05) is 0 Å². The molecule has 1 atom stereocenters. The van der Waals surface area contributed by atoms with Crippen LogP contribution in [0.5, 0.6) is 0 Å². The first kappa shape index (κ1) is 29.7. The Morgan fingerprint density at radius 3 is 2.33 bits per heavy atom. The van der Waals surface area contributed by atoms with E-state index >= 15 is 4.39 Å². The third-order valence-corrected chi connectivity index (χ3v) is 8.26. The second-order valence-electron chi connectivity index (χ2n) is 10.8. The summed E-state index contributed by atoms with van der Waals surface area (Å²) in [7, 11) is -4.40. The molecule has 0 unspecified atom stereocenters. The van der Waals surface area contributed by atoms with Crippen LogP contribution in [0.15, 0.2) is 41.3 Å². The number of hydrogen-bond acceptors (Lipinski definition) is 6. The van der Waals surface area contributed by atoms with Gasteiger partial charge < -0.3 is 20.3 Å². The van der Waals surface area contributed by atoms with Crippen LogP contribution in [0.1, 0.15) is 49.5 Å². The summed E-state index contributed by atoms with van der Waals surface area (Å²) in [6, 6.07) is 5.27. The molecule has 14 heteroatoms. The van der Waals surface area contributed by atoms with Crippen molar-refractivity contribution in [3.63, 3.8) is 0 Å². The predicted molar refractivity (Wildman–Crippen MR) is 140 cm³/mol. The third kappa shape index (κ3) is 6.69. The van der Waals surface area contributed by atoms with Crippen molar-refractivity contribution < 1.29 is 40.7 Å². The Labute approximate surface area is 233 Å². The molecule has 0 radical (unpaired) electrons. The fraction of sp³-hybridized carbons (Fsp3) is 0.423. The quantitative estimate of drug-likeness (QED) is 0.529. The standard InChI is InChI=1S/C26H27ClF3N3O6S/c1-25(2,3)39-24(36)32-19-13-40(37,38)21-9-18(28)17(22(34)31-16-10-26(29,30)11-16)8-20(21)33(23(19)35)12-14-4-6-15(27)7-5-14/h4-9,16,19H,10-13H2,1-3H3,(H,31,34)(H,32,36)/t19-/m0/s1. The fourth-order valence-electron chi connectivity index (χ4n) is 4.38. The zero-order valence-electron chi connectivity index (χ0n) is 21.8. The summed E-state index contributed by atoms with van der Waals surface area (Å²) >= 11 is 5.96. The predicted octanol–water partition coefficient (Wildman–Crippen LogP) is 4.22. The van der Waals surface area contributed by atoms with Gasteiger partial charge in [-0.2, -0.15) is 0 Å². The molecular formula is C26H27ClF3N3O6S. The zero-order valence-corrected chi connectivity index (χ0v) is 23.3. The molecule has 1 aliphatic heterocycles. The van der Waals surface area contributed by atoms with Gasteiger partial charge in [0.05, 0.1) is 28.4 Å². The number of benzene rings is 2. The van der Waals surface area contributed by atoms with Crippen molar-refractivity contribution in [2.24, 2.45) is 0 Å². The van der Waals surface area contributed by atoms with Crippen molar-refractivity contribution in [1.82, 2.24) is 10.6 Å². The van der Waals surface area contributed by atoms with Crippen LogP contribution in [0, 0.1) is 5.82 Å². The minimum atomic E-state index is -4.40. The van der Waals surface area contributed by atoms with Crippen LogP contribution in [0.2, 0.25) is 5.02 Å². The minimum absolute atomic E-state index is 0.230. The Morgan fingerprint density at radius 1 is 1.12 bits per heavy atom. The summed E-state index contributed by atoms with van der Waals surface area (Å²) in [5.74, 6) is -6.96. The van der Waals surface area contributed by atoms with Crippen molar-refractivity contribution in [2.75, 3.05) is 10.7 Å². The molecule has 216 valence electrons. The molecule has 0 aromatic heterocycles. The number of rotatable bonds is 5. The number of ether oxygens (including phenoxy) is 1. The number of hydrogen-bond donors (Lipinski definition) is 2. The molecule has 3 amide bonds. The number of nitrogens with one attached hydrogen (secondary N) is 2. The summed E-state index contributed by atoms with van der Waals surface area (Å²) in [6.45, 7) is 4.52. The van der Waals surface area contributed by atoms with Gasteiger partial charge in [0.1, 0.15) is 17.5 Å². The number of amides is 3. The maximum Gasteiger partial charge on any atom is 0.408 e. The largest absolute Gasteiger partial charge is 0.444 e. The average molecular weight is 602 g/mol. The SMILES string of the molecule is CC(C)(C)OC(=O)N[C@H]1CS(=O)(=O)c2cc(F)c(C(=O)NC3CC(F)(F)C3)cc2N(Cc2ccc(Cl)cc2)C1=O. The molecule has 0 spiro atoms. The van der Waals surface area contributed by atoms with Crippen molar-refractivity contribution in [3.05, 3.63) is 58.4 Å². The molecule has 2 aromatic carbocycles. The van der Waals surface area contributed by atoms with Crippen molar-refractivity contribution in [1.29, 1.82) is 0 Å². The number of fused-ring (bicyclic) bond motifs is 1.